The molecule has 0 unspecified atom stereocenters. The highest BCUT2D eigenvalue weighted by molar-refractivity contribution is 7.22. The molecule has 1 saturated carbocycles. The van der Waals surface area contributed by atoms with Gasteiger partial charge in [0.25, 0.3) is 5.91 Å². The topological polar surface area (TPSA) is 78.4 Å². The van der Waals surface area contributed by atoms with Crippen molar-refractivity contribution in [1.29, 1.82) is 0 Å². The molecule has 0 radical (unpaired) electrons. The van der Waals surface area contributed by atoms with Gasteiger partial charge in [-0.05, 0) is 65.4 Å². The van der Waals surface area contributed by atoms with Gasteiger partial charge in [-0.3, -0.25) is 4.79 Å². The first-order valence-electron chi connectivity index (χ1n) is 9.68. The van der Waals surface area contributed by atoms with Crippen molar-refractivity contribution in [3.63, 3.8) is 0 Å². The average Bonchev–Trinajstić information content (AvgIpc) is 3.03. The largest absolute Gasteiger partial charge is 0.390 e. The van der Waals surface area contributed by atoms with E-state index in [1.165, 1.54) is 0 Å². The fourth-order valence-electron chi connectivity index (χ4n) is 3.52. The van der Waals surface area contributed by atoms with E-state index in [0.717, 1.165) is 35.5 Å². The summed E-state index contributed by atoms with van der Waals surface area (Å²) in [4.78, 5) is 23.7. The Labute approximate surface area is 165 Å². The Bertz CT molecular complexity index is 804. The lowest BCUT2D eigenvalue weighted by atomic mass is 9.77. The zero-order valence-electron chi connectivity index (χ0n) is 16.8. The minimum absolute atomic E-state index is 0.0803. The number of anilines is 1. The van der Waals surface area contributed by atoms with E-state index in [0.29, 0.717) is 23.2 Å². The Kier molecular flexibility index (Phi) is 5.72. The van der Waals surface area contributed by atoms with Crippen LogP contribution >= 0.6 is 11.3 Å². The molecule has 2 aromatic heterocycles. The molecule has 2 heterocycles. The first kappa shape index (κ1) is 20.0. The number of amides is 1. The van der Waals surface area contributed by atoms with Crippen molar-refractivity contribution < 1.29 is 9.90 Å². The highest BCUT2D eigenvalue weighted by atomic mass is 32.1. The predicted molar refractivity (Wildman–Crippen MR) is 110 cm³/mol. The molecule has 1 aliphatic rings. The Morgan fingerprint density at radius 3 is 2.59 bits per heavy atom. The van der Waals surface area contributed by atoms with Gasteiger partial charge in [0.2, 0.25) is 0 Å². The third kappa shape index (κ3) is 4.58. The van der Waals surface area contributed by atoms with Gasteiger partial charge in [-0.15, -0.1) is 0 Å². The number of fused-ring (bicyclic) bond motifs is 1. The summed E-state index contributed by atoms with van der Waals surface area (Å²) in [7, 11) is 2.01. The number of hydrogen-bond donors (Lipinski definition) is 2. The van der Waals surface area contributed by atoms with Gasteiger partial charge in [0.05, 0.1) is 15.9 Å². The molecule has 1 fully saturated rings. The molecule has 2 N–H and O–H groups in total. The standard InChI is InChI=1S/C20H30N4O2S/c1-12(2)24(5)19-23-17-16(27-19)10-13(11-21-17)18(25)22-15-8-6-14(7-9-15)20(3,4)26/h10-12,14-15,26H,6-9H2,1-5H3,(H,22,25). The Hall–Kier alpha value is -1.73. The molecule has 0 bridgehead atoms. The number of aliphatic hydroxyl groups is 1. The number of nitrogens with zero attached hydrogens (tertiary/aromatic N) is 3. The fourth-order valence-corrected chi connectivity index (χ4v) is 4.58. The van der Waals surface area contributed by atoms with E-state index in [1.807, 2.05) is 27.0 Å². The van der Waals surface area contributed by atoms with E-state index in [1.54, 1.807) is 17.5 Å². The molecule has 27 heavy (non-hydrogen) atoms. The molecular weight excluding hydrogens is 360 g/mol. The second-order valence-corrected chi connectivity index (χ2v) is 9.43. The SMILES string of the molecule is CC(C)N(C)c1nc2ncc(C(=O)NC3CCC(C(C)(C)O)CC3)cc2s1. The molecule has 0 spiro atoms. The summed E-state index contributed by atoms with van der Waals surface area (Å²) in [5.74, 6) is 0.223. The van der Waals surface area contributed by atoms with Gasteiger partial charge < -0.3 is 15.3 Å². The summed E-state index contributed by atoms with van der Waals surface area (Å²) in [6.45, 7) is 7.98. The third-order valence-electron chi connectivity index (χ3n) is 5.64. The molecule has 7 heteroatoms. The summed E-state index contributed by atoms with van der Waals surface area (Å²) in [5.41, 5.74) is 0.621. The maximum absolute atomic E-state index is 12.7. The number of nitrogens with one attached hydrogen (secondary N) is 1. The van der Waals surface area contributed by atoms with E-state index < -0.39 is 5.60 Å². The van der Waals surface area contributed by atoms with Crippen LogP contribution in [0.15, 0.2) is 12.3 Å². The zero-order chi connectivity index (χ0) is 19.8. The lowest BCUT2D eigenvalue weighted by Gasteiger charge is -2.36. The predicted octanol–water partition coefficient (Wildman–Crippen LogP) is 3.60. The van der Waals surface area contributed by atoms with Crippen molar-refractivity contribution in [1.82, 2.24) is 15.3 Å². The molecule has 0 atom stereocenters. The summed E-state index contributed by atoms with van der Waals surface area (Å²) in [6.07, 6.45) is 5.29. The number of carbonyl (C=O) groups is 1. The minimum atomic E-state index is -0.642. The molecular formula is C20H30N4O2S. The monoisotopic (exact) mass is 390 g/mol. The van der Waals surface area contributed by atoms with E-state index in [9.17, 15) is 9.90 Å². The molecule has 6 nitrogen and oxygen atoms in total. The number of hydrogen-bond acceptors (Lipinski definition) is 6. The maximum atomic E-state index is 12.7. The Morgan fingerprint density at radius 2 is 2.00 bits per heavy atom. The Morgan fingerprint density at radius 1 is 1.33 bits per heavy atom. The van der Waals surface area contributed by atoms with Crippen molar-refractivity contribution in [3.8, 4) is 0 Å². The number of thiazole rings is 1. The first-order chi connectivity index (χ1) is 12.6. The third-order valence-corrected chi connectivity index (χ3v) is 6.72. The van der Waals surface area contributed by atoms with Crippen LogP contribution in [-0.2, 0) is 0 Å². The second kappa shape index (κ2) is 7.72. The Balaban J connectivity index is 1.66. The van der Waals surface area contributed by atoms with E-state index in [-0.39, 0.29) is 11.9 Å². The van der Waals surface area contributed by atoms with Crippen LogP contribution in [0.4, 0.5) is 5.13 Å². The zero-order valence-corrected chi connectivity index (χ0v) is 17.6. The minimum Gasteiger partial charge on any atom is -0.390 e. The summed E-state index contributed by atoms with van der Waals surface area (Å²) >= 11 is 1.56. The quantitative estimate of drug-likeness (QED) is 0.816. The molecule has 0 aromatic carbocycles. The van der Waals surface area contributed by atoms with E-state index in [2.05, 4.69) is 34.0 Å². The van der Waals surface area contributed by atoms with Crippen LogP contribution in [0.25, 0.3) is 10.3 Å². The van der Waals surface area contributed by atoms with Crippen molar-refractivity contribution in [2.45, 2.75) is 71.1 Å². The van der Waals surface area contributed by atoms with Crippen molar-refractivity contribution in [2.24, 2.45) is 5.92 Å². The van der Waals surface area contributed by atoms with Crippen LogP contribution in [0.5, 0.6) is 0 Å². The molecule has 0 aliphatic heterocycles. The van der Waals surface area contributed by atoms with Crippen LogP contribution in [0.2, 0.25) is 0 Å². The summed E-state index contributed by atoms with van der Waals surface area (Å²) in [6, 6.07) is 2.40. The van der Waals surface area contributed by atoms with Crippen molar-refractivity contribution >= 4 is 32.7 Å². The number of pyridine rings is 1. The van der Waals surface area contributed by atoms with Gasteiger partial charge in [0.15, 0.2) is 10.8 Å². The van der Waals surface area contributed by atoms with E-state index in [4.69, 9.17) is 0 Å². The molecule has 3 rings (SSSR count). The number of aromatic nitrogens is 2. The van der Waals surface area contributed by atoms with Crippen LogP contribution < -0.4 is 10.2 Å². The van der Waals surface area contributed by atoms with Gasteiger partial charge in [-0.1, -0.05) is 11.3 Å². The van der Waals surface area contributed by atoms with Crippen LogP contribution in [0, 0.1) is 5.92 Å². The van der Waals surface area contributed by atoms with E-state index >= 15 is 0 Å². The number of carbonyl (C=O) groups excluding carboxylic acids is 1. The normalized spacial score (nSPS) is 20.9. The van der Waals surface area contributed by atoms with Gasteiger partial charge in [0.1, 0.15) is 0 Å². The second-order valence-electron chi connectivity index (χ2n) is 8.42. The molecule has 1 amide bonds. The molecule has 1 aliphatic carbocycles. The highest BCUT2D eigenvalue weighted by Crippen LogP contribution is 2.33. The van der Waals surface area contributed by atoms with Gasteiger partial charge in [0, 0.05) is 25.3 Å². The lowest BCUT2D eigenvalue weighted by molar-refractivity contribution is -0.00257. The summed E-state index contributed by atoms with van der Waals surface area (Å²) in [5, 5.41) is 14.2. The molecule has 148 valence electrons. The maximum Gasteiger partial charge on any atom is 0.253 e. The van der Waals surface area contributed by atoms with Gasteiger partial charge in [-0.25, -0.2) is 4.98 Å². The van der Waals surface area contributed by atoms with Crippen LogP contribution in [-0.4, -0.2) is 45.7 Å². The smallest absolute Gasteiger partial charge is 0.253 e. The number of rotatable bonds is 5. The van der Waals surface area contributed by atoms with Crippen molar-refractivity contribution in [2.75, 3.05) is 11.9 Å². The van der Waals surface area contributed by atoms with Crippen LogP contribution in [0.3, 0.4) is 0 Å². The van der Waals surface area contributed by atoms with Gasteiger partial charge >= 0.3 is 0 Å². The average molecular weight is 391 g/mol. The summed E-state index contributed by atoms with van der Waals surface area (Å²) < 4.78 is 0.927. The van der Waals surface area contributed by atoms with Gasteiger partial charge in [-0.2, -0.15) is 4.98 Å². The molecule has 2 aromatic rings. The lowest BCUT2D eigenvalue weighted by Crippen LogP contribution is -2.41. The first-order valence-corrected chi connectivity index (χ1v) is 10.5. The fraction of sp³-hybridized carbons (Fsp3) is 0.650. The highest BCUT2D eigenvalue weighted by Gasteiger charge is 2.31. The van der Waals surface area contributed by atoms with Crippen molar-refractivity contribution in [3.05, 3.63) is 17.8 Å². The molecule has 0 saturated heterocycles. The van der Waals surface area contributed by atoms with Crippen LogP contribution in [0.1, 0.15) is 63.7 Å².